The number of aliphatic hydroxyl groups is 1. The van der Waals surface area contributed by atoms with Crippen LogP contribution in [0.1, 0.15) is 34.3 Å². The summed E-state index contributed by atoms with van der Waals surface area (Å²) in [4.78, 5) is 19.6. The van der Waals surface area contributed by atoms with Gasteiger partial charge in [-0.25, -0.2) is 19.9 Å². The topological polar surface area (TPSA) is 113 Å². The lowest BCUT2D eigenvalue weighted by molar-refractivity contribution is 0.275. The smallest absolute Gasteiger partial charge is 0.135 e. The maximum Gasteiger partial charge on any atom is 0.135 e. The molecule has 0 aliphatic carbocycles. The van der Waals surface area contributed by atoms with Gasteiger partial charge >= 0.3 is 0 Å². The summed E-state index contributed by atoms with van der Waals surface area (Å²) in [6.07, 6.45) is 5.82. The summed E-state index contributed by atoms with van der Waals surface area (Å²) in [5.41, 5.74) is 12.0. The second-order valence-electron chi connectivity index (χ2n) is 7.32. The Labute approximate surface area is 169 Å². The number of hydrogen-bond acceptors (Lipinski definition) is 8. The number of benzene rings is 1. The van der Waals surface area contributed by atoms with Crippen LogP contribution in [0.5, 0.6) is 0 Å². The van der Waals surface area contributed by atoms with Gasteiger partial charge in [0.1, 0.15) is 18.0 Å². The number of aromatic nitrogens is 4. The zero-order chi connectivity index (χ0) is 20.4. The summed E-state index contributed by atoms with van der Waals surface area (Å²) in [5.74, 6) is 1.40. The van der Waals surface area contributed by atoms with Crippen molar-refractivity contribution in [3.63, 3.8) is 0 Å². The van der Waals surface area contributed by atoms with E-state index < -0.39 is 0 Å². The molecule has 8 heteroatoms. The van der Waals surface area contributed by atoms with Gasteiger partial charge in [0.2, 0.25) is 0 Å². The van der Waals surface area contributed by atoms with Gasteiger partial charge in [0.05, 0.1) is 29.7 Å². The van der Waals surface area contributed by atoms with E-state index in [0.29, 0.717) is 18.2 Å². The van der Waals surface area contributed by atoms with Crippen molar-refractivity contribution in [3.05, 3.63) is 65.1 Å². The molecule has 4 rings (SSSR count). The molecule has 0 saturated heterocycles. The Hall–Kier alpha value is -3.26. The predicted octanol–water partition coefficient (Wildman–Crippen LogP) is 2.17. The zero-order valence-corrected chi connectivity index (χ0v) is 16.6. The molecule has 4 N–H and O–H groups in total. The van der Waals surface area contributed by atoms with Crippen LogP contribution in [0.3, 0.4) is 0 Å². The van der Waals surface area contributed by atoms with E-state index in [9.17, 15) is 5.11 Å². The standard InChI is InChI=1S/C21H25N7O/c1-13-3-4-20(17(22)7-13)28-6-5-18-16(10-28)21(26-12-25-18)27-19(11-29)15-8-23-14(2)24-9-15/h3-4,7-9,12,19,29H,5-6,10-11,22H2,1-2H3,(H,25,26,27)/t19-/m1/s1. The van der Waals surface area contributed by atoms with Crippen LogP contribution in [-0.2, 0) is 13.0 Å². The highest BCUT2D eigenvalue weighted by atomic mass is 16.3. The molecule has 1 aliphatic heterocycles. The van der Waals surface area contributed by atoms with Crippen molar-refractivity contribution >= 4 is 17.2 Å². The molecule has 150 valence electrons. The van der Waals surface area contributed by atoms with Crippen molar-refractivity contribution < 1.29 is 5.11 Å². The molecular formula is C21H25N7O. The summed E-state index contributed by atoms with van der Waals surface area (Å²) in [5, 5.41) is 13.3. The van der Waals surface area contributed by atoms with E-state index in [-0.39, 0.29) is 12.6 Å². The number of anilines is 3. The summed E-state index contributed by atoms with van der Waals surface area (Å²) < 4.78 is 0. The highest BCUT2D eigenvalue weighted by Gasteiger charge is 2.24. The molecule has 0 spiro atoms. The van der Waals surface area contributed by atoms with Crippen LogP contribution in [0.15, 0.2) is 36.9 Å². The van der Waals surface area contributed by atoms with E-state index in [4.69, 9.17) is 5.73 Å². The fourth-order valence-electron chi connectivity index (χ4n) is 3.62. The first-order valence-electron chi connectivity index (χ1n) is 9.65. The van der Waals surface area contributed by atoms with Crippen LogP contribution < -0.4 is 16.0 Å². The van der Waals surface area contributed by atoms with E-state index in [1.807, 2.05) is 19.9 Å². The van der Waals surface area contributed by atoms with Crippen molar-refractivity contribution in [1.29, 1.82) is 0 Å². The minimum Gasteiger partial charge on any atom is -0.397 e. The third kappa shape index (κ3) is 3.97. The Morgan fingerprint density at radius 2 is 1.97 bits per heavy atom. The van der Waals surface area contributed by atoms with E-state index in [0.717, 1.165) is 46.7 Å². The lowest BCUT2D eigenvalue weighted by Crippen LogP contribution is -2.33. The second-order valence-corrected chi connectivity index (χ2v) is 7.32. The van der Waals surface area contributed by atoms with E-state index in [2.05, 4.69) is 42.3 Å². The van der Waals surface area contributed by atoms with Crippen LogP contribution >= 0.6 is 0 Å². The number of aryl methyl sites for hydroxylation is 2. The van der Waals surface area contributed by atoms with Gasteiger partial charge in [0.25, 0.3) is 0 Å². The lowest BCUT2D eigenvalue weighted by atomic mass is 10.0. The number of hydrogen-bond donors (Lipinski definition) is 3. The fraction of sp³-hybridized carbons (Fsp3) is 0.333. The highest BCUT2D eigenvalue weighted by molar-refractivity contribution is 5.69. The van der Waals surface area contributed by atoms with Gasteiger partial charge in [-0.1, -0.05) is 6.07 Å². The molecular weight excluding hydrogens is 366 g/mol. The third-order valence-corrected chi connectivity index (χ3v) is 5.22. The molecule has 0 unspecified atom stereocenters. The minimum atomic E-state index is -0.352. The zero-order valence-electron chi connectivity index (χ0n) is 16.6. The molecule has 0 radical (unpaired) electrons. The number of nitrogen functional groups attached to an aromatic ring is 1. The molecule has 3 heterocycles. The van der Waals surface area contributed by atoms with Crippen molar-refractivity contribution in [2.75, 3.05) is 29.1 Å². The van der Waals surface area contributed by atoms with Gasteiger partial charge < -0.3 is 21.1 Å². The maximum absolute atomic E-state index is 9.92. The molecule has 2 aromatic heterocycles. The van der Waals surface area contributed by atoms with Crippen molar-refractivity contribution in [3.8, 4) is 0 Å². The Morgan fingerprint density at radius 1 is 1.17 bits per heavy atom. The van der Waals surface area contributed by atoms with Crippen molar-refractivity contribution in [2.45, 2.75) is 32.9 Å². The van der Waals surface area contributed by atoms with Gasteiger partial charge in [-0.2, -0.15) is 0 Å². The van der Waals surface area contributed by atoms with Crippen molar-refractivity contribution in [2.24, 2.45) is 0 Å². The molecule has 1 aliphatic rings. The molecule has 0 bridgehead atoms. The number of fused-ring (bicyclic) bond motifs is 1. The largest absolute Gasteiger partial charge is 0.397 e. The number of nitrogens with zero attached hydrogens (tertiary/aromatic N) is 5. The highest BCUT2D eigenvalue weighted by Crippen LogP contribution is 2.32. The second kappa shape index (κ2) is 8.00. The molecule has 29 heavy (non-hydrogen) atoms. The van der Waals surface area contributed by atoms with Crippen molar-refractivity contribution in [1.82, 2.24) is 19.9 Å². The Bertz CT molecular complexity index is 1010. The monoisotopic (exact) mass is 391 g/mol. The number of nitrogens with two attached hydrogens (primary N) is 1. The summed E-state index contributed by atoms with van der Waals surface area (Å²) in [6, 6.07) is 5.77. The molecule has 0 amide bonds. The summed E-state index contributed by atoms with van der Waals surface area (Å²) in [7, 11) is 0. The van der Waals surface area contributed by atoms with E-state index >= 15 is 0 Å². The number of rotatable bonds is 5. The fourth-order valence-corrected chi connectivity index (χ4v) is 3.62. The third-order valence-electron chi connectivity index (χ3n) is 5.22. The maximum atomic E-state index is 9.92. The van der Waals surface area contributed by atoms with Crippen LogP contribution in [0.25, 0.3) is 0 Å². The molecule has 1 atom stereocenters. The Kier molecular flexibility index (Phi) is 5.26. The summed E-state index contributed by atoms with van der Waals surface area (Å²) in [6.45, 7) is 5.25. The summed E-state index contributed by atoms with van der Waals surface area (Å²) >= 11 is 0. The van der Waals surface area contributed by atoms with Gasteiger partial charge in [-0.3, -0.25) is 0 Å². The van der Waals surface area contributed by atoms with Crippen LogP contribution in [-0.4, -0.2) is 38.2 Å². The SMILES string of the molecule is Cc1ccc(N2CCc3ncnc(N[C@H](CO)c4cnc(C)nc4)c3C2)c(N)c1. The van der Waals surface area contributed by atoms with E-state index in [1.54, 1.807) is 18.7 Å². The van der Waals surface area contributed by atoms with Crippen LogP contribution in [0.2, 0.25) is 0 Å². The molecule has 3 aromatic rings. The van der Waals surface area contributed by atoms with Gasteiger partial charge in [-0.05, 0) is 31.5 Å². The van der Waals surface area contributed by atoms with Crippen LogP contribution in [0.4, 0.5) is 17.2 Å². The lowest BCUT2D eigenvalue weighted by Gasteiger charge is -2.32. The Balaban J connectivity index is 1.61. The Morgan fingerprint density at radius 3 is 2.69 bits per heavy atom. The first-order chi connectivity index (χ1) is 14.0. The minimum absolute atomic E-state index is 0.0974. The first kappa shape index (κ1) is 19.1. The van der Waals surface area contributed by atoms with Gasteiger partial charge in [-0.15, -0.1) is 0 Å². The normalized spacial score (nSPS) is 14.4. The molecule has 8 nitrogen and oxygen atoms in total. The molecule has 1 aromatic carbocycles. The average Bonchev–Trinajstić information content (AvgIpc) is 2.72. The molecule has 0 fully saturated rings. The van der Waals surface area contributed by atoms with Crippen LogP contribution in [0, 0.1) is 13.8 Å². The number of nitrogens with one attached hydrogen (secondary N) is 1. The van der Waals surface area contributed by atoms with Gasteiger partial charge in [0.15, 0.2) is 0 Å². The average molecular weight is 391 g/mol. The first-order valence-corrected chi connectivity index (χ1v) is 9.65. The quantitative estimate of drug-likeness (QED) is 0.567. The predicted molar refractivity (Wildman–Crippen MR) is 113 cm³/mol. The molecule has 0 saturated carbocycles. The van der Waals surface area contributed by atoms with Gasteiger partial charge in [0, 0.05) is 43.0 Å². The van der Waals surface area contributed by atoms with E-state index in [1.165, 1.54) is 0 Å². The number of aliphatic hydroxyl groups excluding tert-OH is 1.